The van der Waals surface area contributed by atoms with Crippen LogP contribution in [0.25, 0.3) is 10.8 Å². The zero-order valence-electron chi connectivity index (χ0n) is 15.3. The van der Waals surface area contributed by atoms with Crippen molar-refractivity contribution < 1.29 is 12.8 Å². The minimum Gasteiger partial charge on any atom is -0.219 e. The smallest absolute Gasteiger partial charge is 0.206 e. The summed E-state index contributed by atoms with van der Waals surface area (Å²) in [5.74, 6) is -0.315. The Hall–Kier alpha value is -2.98. The summed E-state index contributed by atoms with van der Waals surface area (Å²) in [5, 5.41) is 1.66. The van der Waals surface area contributed by atoms with Crippen molar-refractivity contribution in [3.05, 3.63) is 107 Å². The molecule has 0 aromatic heterocycles. The summed E-state index contributed by atoms with van der Waals surface area (Å²) in [4.78, 5) is 0.531. The number of rotatable bonds is 4. The van der Waals surface area contributed by atoms with Crippen LogP contribution >= 0.6 is 0 Å². The maximum atomic E-state index is 13.9. The number of hydrogen-bond donors (Lipinski definition) is 0. The van der Waals surface area contributed by atoms with Gasteiger partial charge in [0.2, 0.25) is 9.84 Å². The molecular formula is C24H18FO2S. The molecule has 2 nitrogen and oxygen atoms in total. The molecule has 0 unspecified atom stereocenters. The van der Waals surface area contributed by atoms with E-state index in [0.29, 0.717) is 12.0 Å². The van der Waals surface area contributed by atoms with Gasteiger partial charge in [-0.1, -0.05) is 42.5 Å². The third-order valence-electron chi connectivity index (χ3n) is 4.92. The van der Waals surface area contributed by atoms with Crippen molar-refractivity contribution in [3.8, 4) is 0 Å². The molecule has 28 heavy (non-hydrogen) atoms. The fraction of sp³-hybridized carbons (Fsp3) is 0.0833. The first-order valence-electron chi connectivity index (χ1n) is 8.94. The maximum Gasteiger partial charge on any atom is 0.206 e. The van der Waals surface area contributed by atoms with E-state index in [1.54, 1.807) is 48.5 Å². The molecule has 0 heterocycles. The molecular weight excluding hydrogens is 371 g/mol. The SMILES string of the molecule is Cc1[c]cc2ccc(F)cc2c1Cc1ccccc1S(=O)(=O)c1ccccc1. The number of benzene rings is 4. The summed E-state index contributed by atoms with van der Waals surface area (Å²) < 4.78 is 40.2. The molecule has 0 aliphatic rings. The van der Waals surface area contributed by atoms with Crippen LogP contribution in [0.15, 0.2) is 88.7 Å². The van der Waals surface area contributed by atoms with Gasteiger partial charge in [-0.15, -0.1) is 0 Å². The topological polar surface area (TPSA) is 34.1 Å². The van der Waals surface area contributed by atoms with E-state index < -0.39 is 9.84 Å². The fourth-order valence-electron chi connectivity index (χ4n) is 3.45. The lowest BCUT2D eigenvalue weighted by Gasteiger charge is -2.14. The first-order chi connectivity index (χ1) is 13.5. The summed E-state index contributed by atoms with van der Waals surface area (Å²) in [5.41, 5.74) is 2.44. The second-order valence-corrected chi connectivity index (χ2v) is 8.64. The third kappa shape index (κ3) is 3.32. The molecule has 0 N–H and O–H groups in total. The maximum absolute atomic E-state index is 13.9. The summed E-state index contributed by atoms with van der Waals surface area (Å²) in [6, 6.07) is 25.1. The number of halogens is 1. The highest BCUT2D eigenvalue weighted by Gasteiger charge is 2.21. The van der Waals surface area contributed by atoms with E-state index in [9.17, 15) is 12.8 Å². The van der Waals surface area contributed by atoms with Crippen LogP contribution in [0.3, 0.4) is 0 Å². The highest BCUT2D eigenvalue weighted by molar-refractivity contribution is 7.91. The predicted molar refractivity (Wildman–Crippen MR) is 109 cm³/mol. The van der Waals surface area contributed by atoms with Crippen LogP contribution in [0.5, 0.6) is 0 Å². The summed E-state index contributed by atoms with van der Waals surface area (Å²) in [7, 11) is -3.65. The van der Waals surface area contributed by atoms with E-state index in [1.807, 2.05) is 25.1 Å². The lowest BCUT2D eigenvalue weighted by molar-refractivity contribution is 0.595. The van der Waals surface area contributed by atoms with Crippen molar-refractivity contribution in [1.29, 1.82) is 0 Å². The van der Waals surface area contributed by atoms with Crippen LogP contribution in [0.1, 0.15) is 16.7 Å². The molecule has 4 aromatic rings. The van der Waals surface area contributed by atoms with Gasteiger partial charge < -0.3 is 0 Å². The molecule has 0 saturated heterocycles. The van der Waals surface area contributed by atoms with Crippen molar-refractivity contribution >= 4 is 20.6 Å². The minimum absolute atomic E-state index is 0.259. The molecule has 0 bridgehead atoms. The Kier molecular flexibility index (Phi) is 4.73. The van der Waals surface area contributed by atoms with Crippen molar-refractivity contribution in [2.45, 2.75) is 23.1 Å². The molecule has 4 heteroatoms. The molecule has 0 aliphatic heterocycles. The fourth-order valence-corrected chi connectivity index (χ4v) is 4.96. The molecule has 0 saturated carbocycles. The third-order valence-corrected chi connectivity index (χ3v) is 6.79. The van der Waals surface area contributed by atoms with Crippen molar-refractivity contribution in [2.75, 3.05) is 0 Å². The van der Waals surface area contributed by atoms with Gasteiger partial charge in [-0.05, 0) is 83.3 Å². The van der Waals surface area contributed by atoms with E-state index in [4.69, 9.17) is 0 Å². The zero-order valence-corrected chi connectivity index (χ0v) is 16.1. The van der Waals surface area contributed by atoms with Gasteiger partial charge >= 0.3 is 0 Å². The van der Waals surface area contributed by atoms with Crippen LogP contribution < -0.4 is 0 Å². The van der Waals surface area contributed by atoms with Gasteiger partial charge in [-0.2, -0.15) is 0 Å². The van der Waals surface area contributed by atoms with Crippen LogP contribution in [0, 0.1) is 18.8 Å². The summed E-state index contributed by atoms with van der Waals surface area (Å²) >= 11 is 0. The Balaban J connectivity index is 1.87. The van der Waals surface area contributed by atoms with Gasteiger partial charge in [0.1, 0.15) is 5.82 Å². The predicted octanol–water partition coefficient (Wildman–Crippen LogP) is 5.51. The number of fused-ring (bicyclic) bond motifs is 1. The molecule has 0 aliphatic carbocycles. The van der Waals surface area contributed by atoms with E-state index in [0.717, 1.165) is 21.9 Å². The van der Waals surface area contributed by atoms with E-state index >= 15 is 0 Å². The summed E-state index contributed by atoms with van der Waals surface area (Å²) in [6.45, 7) is 1.91. The zero-order chi connectivity index (χ0) is 19.7. The molecule has 139 valence electrons. The highest BCUT2D eigenvalue weighted by atomic mass is 32.2. The molecule has 4 rings (SSSR count). The van der Waals surface area contributed by atoms with Crippen LogP contribution in [-0.4, -0.2) is 8.42 Å². The van der Waals surface area contributed by atoms with Gasteiger partial charge in [0.25, 0.3) is 0 Å². The summed E-state index contributed by atoms with van der Waals surface area (Å²) in [6.07, 6.45) is 0.380. The number of aryl methyl sites for hydroxylation is 1. The Morgan fingerprint density at radius 2 is 1.64 bits per heavy atom. The second-order valence-electron chi connectivity index (χ2n) is 6.72. The van der Waals surface area contributed by atoms with E-state index in [2.05, 4.69) is 6.07 Å². The normalized spacial score (nSPS) is 11.6. The van der Waals surface area contributed by atoms with Gasteiger partial charge in [-0.3, -0.25) is 0 Å². The second kappa shape index (κ2) is 7.21. The average Bonchev–Trinajstić information content (AvgIpc) is 2.71. The number of hydrogen-bond acceptors (Lipinski definition) is 2. The lowest BCUT2D eigenvalue weighted by atomic mass is 9.94. The first kappa shape index (κ1) is 18.4. The largest absolute Gasteiger partial charge is 0.219 e. The quantitative estimate of drug-likeness (QED) is 0.461. The Morgan fingerprint density at radius 3 is 2.43 bits per heavy atom. The number of sulfone groups is 1. The van der Waals surface area contributed by atoms with Gasteiger partial charge in [0.15, 0.2) is 0 Å². The van der Waals surface area contributed by atoms with Gasteiger partial charge in [0.05, 0.1) is 9.79 Å². The lowest BCUT2D eigenvalue weighted by Crippen LogP contribution is -2.07. The van der Waals surface area contributed by atoms with Crippen LogP contribution in [-0.2, 0) is 16.3 Å². The Labute approximate surface area is 164 Å². The van der Waals surface area contributed by atoms with Crippen molar-refractivity contribution in [3.63, 3.8) is 0 Å². The van der Waals surface area contributed by atoms with Crippen molar-refractivity contribution in [2.24, 2.45) is 0 Å². The Bertz CT molecular complexity index is 1260. The van der Waals surface area contributed by atoms with E-state index in [1.165, 1.54) is 12.1 Å². The van der Waals surface area contributed by atoms with Crippen molar-refractivity contribution in [1.82, 2.24) is 0 Å². The van der Waals surface area contributed by atoms with Crippen LogP contribution in [0.2, 0.25) is 0 Å². The average molecular weight is 389 g/mol. The molecule has 1 radical (unpaired) electrons. The molecule has 4 aromatic carbocycles. The molecule has 0 fully saturated rings. The van der Waals surface area contributed by atoms with Gasteiger partial charge in [-0.25, -0.2) is 12.8 Å². The van der Waals surface area contributed by atoms with Gasteiger partial charge in [0, 0.05) is 0 Å². The Morgan fingerprint density at radius 1 is 0.929 bits per heavy atom. The monoisotopic (exact) mass is 389 g/mol. The standard InChI is InChI=1S/C24H18FO2S/c1-17-11-12-18-13-14-20(25)16-23(18)22(17)15-19-7-5-6-10-24(19)28(26,27)21-8-3-2-4-9-21/h2-10,12-14,16H,15H2,1H3. The first-order valence-corrected chi connectivity index (χ1v) is 10.4. The van der Waals surface area contributed by atoms with Crippen LogP contribution in [0.4, 0.5) is 4.39 Å². The van der Waals surface area contributed by atoms with E-state index in [-0.39, 0.29) is 15.6 Å². The minimum atomic E-state index is -3.65. The molecule has 0 atom stereocenters. The highest BCUT2D eigenvalue weighted by Crippen LogP contribution is 2.30. The molecule has 0 amide bonds. The molecule has 0 spiro atoms.